The highest BCUT2D eigenvalue weighted by Crippen LogP contribution is 2.11. The van der Waals surface area contributed by atoms with E-state index in [0.29, 0.717) is 0 Å². The van der Waals surface area contributed by atoms with Crippen molar-refractivity contribution in [3.63, 3.8) is 0 Å². The summed E-state index contributed by atoms with van der Waals surface area (Å²) in [5.41, 5.74) is -0.173. The highest BCUT2D eigenvalue weighted by Gasteiger charge is 2.13. The summed E-state index contributed by atoms with van der Waals surface area (Å²) in [6.45, 7) is 2.65. The van der Waals surface area contributed by atoms with Crippen LogP contribution in [0.5, 0.6) is 0 Å². The minimum Gasteiger partial charge on any atom is -0.293 e. The Morgan fingerprint density at radius 1 is 1.50 bits per heavy atom. The predicted molar refractivity (Wildman–Crippen MR) is 41.7 cm³/mol. The van der Waals surface area contributed by atoms with Gasteiger partial charge in [0, 0.05) is 6.92 Å². The second kappa shape index (κ2) is 3.15. The molecule has 0 aliphatic carbocycles. The summed E-state index contributed by atoms with van der Waals surface area (Å²) in [7, 11) is 0. The summed E-state index contributed by atoms with van der Waals surface area (Å²) in [4.78, 5) is 17.8. The number of ketones is 1. The average Bonchev–Trinajstić information content (AvgIpc) is 1.96. The number of rotatable bonds is 1. The van der Waals surface area contributed by atoms with Gasteiger partial charge < -0.3 is 0 Å². The van der Waals surface area contributed by atoms with Crippen molar-refractivity contribution in [2.24, 2.45) is 0 Å². The van der Waals surface area contributed by atoms with Crippen LogP contribution in [0.4, 0.5) is 4.39 Å². The Hall–Kier alpha value is -1.03. The largest absolute Gasteiger partial charge is 0.293 e. The van der Waals surface area contributed by atoms with Crippen LogP contribution in [0.3, 0.4) is 0 Å². The van der Waals surface area contributed by atoms with Crippen LogP contribution in [0.15, 0.2) is 0 Å². The van der Waals surface area contributed by atoms with Crippen LogP contribution in [0.2, 0.25) is 5.28 Å². The summed E-state index contributed by atoms with van der Waals surface area (Å²) >= 11 is 5.43. The fraction of sp³-hybridized carbons (Fsp3) is 0.286. The second-order valence-electron chi connectivity index (χ2n) is 2.30. The summed E-state index contributed by atoms with van der Waals surface area (Å²) < 4.78 is 13.0. The summed E-state index contributed by atoms with van der Waals surface area (Å²) in [6, 6.07) is 0. The number of carbonyl (C=O) groups excluding carboxylic acids is 1. The molecule has 1 aromatic rings. The molecule has 5 heteroatoms. The monoisotopic (exact) mass is 188 g/mol. The Balaban J connectivity index is 3.37. The maximum absolute atomic E-state index is 13.0. The molecule has 0 unspecified atom stereocenters. The third kappa shape index (κ3) is 1.58. The normalized spacial score (nSPS) is 10.0. The van der Waals surface area contributed by atoms with Crippen LogP contribution >= 0.6 is 11.6 Å². The first-order valence-electron chi connectivity index (χ1n) is 3.23. The van der Waals surface area contributed by atoms with Crippen molar-refractivity contribution in [1.29, 1.82) is 0 Å². The minimum atomic E-state index is -0.702. The number of nitrogens with zero attached hydrogens (tertiary/aromatic N) is 2. The van der Waals surface area contributed by atoms with Gasteiger partial charge in [-0.1, -0.05) is 0 Å². The lowest BCUT2D eigenvalue weighted by Gasteiger charge is -2.00. The van der Waals surface area contributed by atoms with E-state index in [0.717, 1.165) is 0 Å². The number of hydrogen-bond donors (Lipinski definition) is 0. The molecule has 1 heterocycles. The molecule has 0 spiro atoms. The third-order valence-electron chi connectivity index (χ3n) is 1.32. The molecular weight excluding hydrogens is 183 g/mol. The van der Waals surface area contributed by atoms with E-state index in [1.807, 2.05) is 0 Å². The maximum atomic E-state index is 13.0. The lowest BCUT2D eigenvalue weighted by atomic mass is 10.2. The molecule has 12 heavy (non-hydrogen) atoms. The molecule has 1 rings (SSSR count). The highest BCUT2D eigenvalue weighted by atomic mass is 35.5. The van der Waals surface area contributed by atoms with E-state index < -0.39 is 11.6 Å². The van der Waals surface area contributed by atoms with Gasteiger partial charge in [-0.15, -0.1) is 0 Å². The minimum absolute atomic E-state index is 0.0835. The highest BCUT2D eigenvalue weighted by molar-refractivity contribution is 6.28. The molecule has 0 saturated heterocycles. The Bertz CT molecular complexity index is 340. The SMILES string of the molecule is CC(=O)c1nc(Cl)nc(C)c1F. The Kier molecular flexibility index (Phi) is 2.38. The molecule has 1 aromatic heterocycles. The van der Waals surface area contributed by atoms with Crippen molar-refractivity contribution in [3.05, 3.63) is 22.5 Å². The average molecular weight is 189 g/mol. The molecule has 0 aromatic carbocycles. The Morgan fingerprint density at radius 2 is 2.08 bits per heavy atom. The molecule has 0 N–H and O–H groups in total. The first-order valence-corrected chi connectivity index (χ1v) is 3.60. The van der Waals surface area contributed by atoms with Crippen LogP contribution in [0, 0.1) is 12.7 Å². The van der Waals surface area contributed by atoms with Gasteiger partial charge in [0.15, 0.2) is 11.6 Å². The van der Waals surface area contributed by atoms with Crippen LogP contribution in [0.25, 0.3) is 0 Å². The van der Waals surface area contributed by atoms with Gasteiger partial charge in [0.25, 0.3) is 0 Å². The van der Waals surface area contributed by atoms with Crippen molar-refractivity contribution in [3.8, 4) is 0 Å². The first kappa shape index (κ1) is 9.06. The third-order valence-corrected chi connectivity index (χ3v) is 1.49. The van der Waals surface area contributed by atoms with Crippen LogP contribution in [0.1, 0.15) is 23.1 Å². The molecule has 0 saturated carbocycles. The topological polar surface area (TPSA) is 42.9 Å². The van der Waals surface area contributed by atoms with Crippen LogP contribution < -0.4 is 0 Å². The number of Topliss-reactive ketones (excluding diaryl/α,β-unsaturated/α-hetero) is 1. The Labute approximate surface area is 73.6 Å². The molecule has 0 aliphatic heterocycles. The van der Waals surface area contributed by atoms with Gasteiger partial charge >= 0.3 is 0 Å². The van der Waals surface area contributed by atoms with E-state index in [2.05, 4.69) is 9.97 Å². The van der Waals surface area contributed by atoms with Gasteiger partial charge in [-0.2, -0.15) is 0 Å². The molecular formula is C7H6ClFN2O. The van der Waals surface area contributed by atoms with Gasteiger partial charge in [-0.3, -0.25) is 4.79 Å². The van der Waals surface area contributed by atoms with E-state index in [4.69, 9.17) is 11.6 Å². The molecule has 0 bridgehead atoms. The lowest BCUT2D eigenvalue weighted by molar-refractivity contribution is 0.100. The first-order chi connectivity index (χ1) is 5.52. The van der Waals surface area contributed by atoms with E-state index in [-0.39, 0.29) is 16.7 Å². The molecule has 0 atom stereocenters. The second-order valence-corrected chi connectivity index (χ2v) is 2.63. The zero-order chi connectivity index (χ0) is 9.30. The zero-order valence-electron chi connectivity index (χ0n) is 6.56. The molecule has 3 nitrogen and oxygen atoms in total. The van der Waals surface area contributed by atoms with Crippen molar-refractivity contribution < 1.29 is 9.18 Å². The molecule has 0 amide bonds. The summed E-state index contributed by atoms with van der Waals surface area (Å²) in [5, 5.41) is -0.112. The fourth-order valence-corrected chi connectivity index (χ4v) is 0.970. The van der Waals surface area contributed by atoms with Crippen molar-refractivity contribution in [2.75, 3.05) is 0 Å². The van der Waals surface area contributed by atoms with Gasteiger partial charge in [-0.25, -0.2) is 14.4 Å². The van der Waals surface area contributed by atoms with Crippen molar-refractivity contribution in [2.45, 2.75) is 13.8 Å². The van der Waals surface area contributed by atoms with E-state index in [9.17, 15) is 9.18 Å². The Morgan fingerprint density at radius 3 is 2.58 bits per heavy atom. The maximum Gasteiger partial charge on any atom is 0.223 e. The van der Waals surface area contributed by atoms with Crippen LogP contribution in [-0.4, -0.2) is 15.8 Å². The summed E-state index contributed by atoms with van der Waals surface area (Å²) in [5.74, 6) is -1.16. The van der Waals surface area contributed by atoms with Gasteiger partial charge in [0.05, 0.1) is 5.69 Å². The molecule has 0 radical (unpaired) electrons. The fourth-order valence-electron chi connectivity index (χ4n) is 0.758. The number of carbonyl (C=O) groups is 1. The molecule has 64 valence electrons. The molecule has 0 fully saturated rings. The molecule has 0 aliphatic rings. The van der Waals surface area contributed by atoms with Crippen LogP contribution in [-0.2, 0) is 0 Å². The van der Waals surface area contributed by atoms with Gasteiger partial charge in [-0.05, 0) is 18.5 Å². The standard InChI is InChI=1S/C7H6ClFN2O/c1-3-5(9)6(4(2)12)11-7(8)10-3/h1-2H3. The number of aromatic nitrogens is 2. The predicted octanol–water partition coefficient (Wildman–Crippen LogP) is 1.78. The van der Waals surface area contributed by atoms with E-state index >= 15 is 0 Å². The number of hydrogen-bond acceptors (Lipinski definition) is 3. The lowest BCUT2D eigenvalue weighted by Crippen LogP contribution is -2.05. The van der Waals surface area contributed by atoms with E-state index in [1.165, 1.54) is 13.8 Å². The van der Waals surface area contributed by atoms with Crippen molar-refractivity contribution >= 4 is 17.4 Å². The number of halogens is 2. The number of aryl methyl sites for hydroxylation is 1. The zero-order valence-corrected chi connectivity index (χ0v) is 7.31. The van der Waals surface area contributed by atoms with Crippen molar-refractivity contribution in [1.82, 2.24) is 9.97 Å². The van der Waals surface area contributed by atoms with Gasteiger partial charge in [0.2, 0.25) is 5.28 Å². The quantitative estimate of drug-likeness (QED) is 0.498. The smallest absolute Gasteiger partial charge is 0.223 e. The summed E-state index contributed by atoms with van der Waals surface area (Å²) in [6.07, 6.45) is 0. The van der Waals surface area contributed by atoms with E-state index in [1.54, 1.807) is 0 Å². The van der Waals surface area contributed by atoms with Gasteiger partial charge in [0.1, 0.15) is 5.69 Å².